The predicted molar refractivity (Wildman–Crippen MR) is 75.4 cm³/mol. The van der Waals surface area contributed by atoms with Crippen LogP contribution >= 0.6 is 11.6 Å². The molecule has 0 saturated heterocycles. The Balaban J connectivity index is 1.79. The lowest BCUT2D eigenvalue weighted by Crippen LogP contribution is -2.30. The summed E-state index contributed by atoms with van der Waals surface area (Å²) < 4.78 is 5.41. The van der Waals surface area contributed by atoms with Gasteiger partial charge in [0.2, 0.25) is 0 Å². The number of nitrogens with one attached hydrogen (secondary N) is 1. The van der Waals surface area contributed by atoms with Crippen molar-refractivity contribution in [1.29, 1.82) is 0 Å². The summed E-state index contributed by atoms with van der Waals surface area (Å²) in [6.45, 7) is 1.34. The largest absolute Gasteiger partial charge is 0.482 e. The molecule has 104 valence electrons. The quantitative estimate of drug-likeness (QED) is 0.801. The number of amides is 1. The van der Waals surface area contributed by atoms with Crippen LogP contribution < -0.4 is 15.8 Å². The topological polar surface area (TPSA) is 64.3 Å². The number of rotatable bonds is 7. The molecule has 0 aliphatic heterocycles. The molecule has 1 amide bonds. The Morgan fingerprint density at radius 2 is 2.26 bits per heavy atom. The highest BCUT2D eigenvalue weighted by Gasteiger charge is 2.21. The van der Waals surface area contributed by atoms with Gasteiger partial charge in [0.15, 0.2) is 6.61 Å². The van der Waals surface area contributed by atoms with Gasteiger partial charge in [0.05, 0.1) is 5.02 Å². The summed E-state index contributed by atoms with van der Waals surface area (Å²) in [4.78, 5) is 11.5. The molecule has 1 aromatic carbocycles. The van der Waals surface area contributed by atoms with Crippen molar-refractivity contribution >= 4 is 17.5 Å². The van der Waals surface area contributed by atoms with E-state index in [1.165, 1.54) is 12.8 Å². The van der Waals surface area contributed by atoms with E-state index in [1.807, 2.05) is 12.1 Å². The van der Waals surface area contributed by atoms with Gasteiger partial charge in [-0.3, -0.25) is 4.79 Å². The minimum Gasteiger partial charge on any atom is -0.482 e. The van der Waals surface area contributed by atoms with E-state index in [4.69, 9.17) is 22.1 Å². The van der Waals surface area contributed by atoms with Crippen molar-refractivity contribution in [3.05, 3.63) is 28.8 Å². The highest BCUT2D eigenvalue weighted by Crippen LogP contribution is 2.27. The second-order valence-corrected chi connectivity index (χ2v) is 5.25. The number of nitrogens with two attached hydrogens (primary N) is 1. The lowest BCUT2D eigenvalue weighted by molar-refractivity contribution is -0.123. The molecule has 0 spiro atoms. The molecule has 19 heavy (non-hydrogen) atoms. The normalized spacial score (nSPS) is 14.2. The van der Waals surface area contributed by atoms with Gasteiger partial charge in [0.25, 0.3) is 5.91 Å². The molecule has 0 unspecified atom stereocenters. The maximum atomic E-state index is 11.5. The number of carbonyl (C=O) groups excluding carboxylic acids is 1. The van der Waals surface area contributed by atoms with Crippen LogP contribution in [0.25, 0.3) is 0 Å². The number of halogens is 1. The van der Waals surface area contributed by atoms with Crippen LogP contribution in [0.4, 0.5) is 0 Å². The van der Waals surface area contributed by atoms with E-state index in [2.05, 4.69) is 5.32 Å². The van der Waals surface area contributed by atoms with Crippen molar-refractivity contribution in [2.24, 2.45) is 11.7 Å². The van der Waals surface area contributed by atoms with Crippen LogP contribution in [0.1, 0.15) is 18.4 Å². The summed E-state index contributed by atoms with van der Waals surface area (Å²) in [7, 11) is 0. The molecule has 2 rings (SSSR count). The second kappa shape index (κ2) is 6.78. The zero-order chi connectivity index (χ0) is 13.7. The van der Waals surface area contributed by atoms with Crippen LogP contribution in [0.15, 0.2) is 18.2 Å². The van der Waals surface area contributed by atoms with Crippen LogP contribution in [0.3, 0.4) is 0 Å². The van der Waals surface area contributed by atoms with E-state index in [0.29, 0.717) is 23.2 Å². The maximum absolute atomic E-state index is 11.5. The summed E-state index contributed by atoms with van der Waals surface area (Å²) in [5.41, 5.74) is 6.55. The van der Waals surface area contributed by atoms with Gasteiger partial charge in [-0.1, -0.05) is 17.7 Å². The first kappa shape index (κ1) is 14.2. The summed E-state index contributed by atoms with van der Waals surface area (Å²) in [6.07, 6.45) is 3.22. The Labute approximate surface area is 118 Å². The fourth-order valence-electron chi connectivity index (χ4n) is 1.76. The van der Waals surface area contributed by atoms with E-state index in [9.17, 15) is 4.79 Å². The molecule has 1 aliphatic rings. The third kappa shape index (κ3) is 4.73. The minimum absolute atomic E-state index is 0.00265. The average molecular weight is 283 g/mol. The van der Waals surface area contributed by atoms with Crippen molar-refractivity contribution in [3.8, 4) is 5.75 Å². The molecule has 0 atom stereocenters. The number of hydrogen-bond donors (Lipinski definition) is 2. The third-order valence-corrected chi connectivity index (χ3v) is 3.37. The second-order valence-electron chi connectivity index (χ2n) is 4.84. The minimum atomic E-state index is -0.103. The fourth-order valence-corrected chi connectivity index (χ4v) is 2.02. The Kier molecular flexibility index (Phi) is 5.05. The van der Waals surface area contributed by atoms with Crippen LogP contribution in [0, 0.1) is 5.92 Å². The lowest BCUT2D eigenvalue weighted by Gasteiger charge is -2.09. The van der Waals surface area contributed by atoms with E-state index < -0.39 is 0 Å². The zero-order valence-corrected chi connectivity index (χ0v) is 11.6. The molecule has 1 aliphatic carbocycles. The molecule has 0 heterocycles. The zero-order valence-electron chi connectivity index (χ0n) is 10.8. The molecule has 1 aromatic rings. The molecule has 1 saturated carbocycles. The summed E-state index contributed by atoms with van der Waals surface area (Å²) in [5.74, 6) is 1.10. The van der Waals surface area contributed by atoms with E-state index >= 15 is 0 Å². The smallest absolute Gasteiger partial charge is 0.257 e. The number of hydrogen-bond acceptors (Lipinski definition) is 3. The molecule has 0 radical (unpaired) electrons. The first-order chi connectivity index (χ1) is 9.19. The van der Waals surface area contributed by atoms with Gasteiger partial charge in [-0.25, -0.2) is 0 Å². The molecule has 0 bridgehead atoms. The Morgan fingerprint density at radius 1 is 1.47 bits per heavy atom. The van der Waals surface area contributed by atoms with Crippen molar-refractivity contribution in [2.75, 3.05) is 19.7 Å². The van der Waals surface area contributed by atoms with Gasteiger partial charge in [-0.2, -0.15) is 0 Å². The van der Waals surface area contributed by atoms with Gasteiger partial charge in [-0.15, -0.1) is 0 Å². The summed E-state index contributed by atoms with van der Waals surface area (Å²) >= 11 is 6.09. The first-order valence-electron chi connectivity index (χ1n) is 6.57. The summed E-state index contributed by atoms with van der Waals surface area (Å²) in [5, 5.41) is 3.36. The number of ether oxygens (including phenoxy) is 1. The standard InChI is InChI=1S/C14H19ClN2O2/c15-12-7-10(5-6-16)3-4-13(12)19-9-14(18)17-8-11-1-2-11/h3-4,7,11H,1-2,5-6,8-9,16H2,(H,17,18). The first-order valence-corrected chi connectivity index (χ1v) is 6.95. The van der Waals surface area contributed by atoms with Crippen LogP contribution in [0.5, 0.6) is 5.75 Å². The van der Waals surface area contributed by atoms with Gasteiger partial charge in [0.1, 0.15) is 5.75 Å². The van der Waals surface area contributed by atoms with Gasteiger partial charge in [0, 0.05) is 6.54 Å². The SMILES string of the molecule is NCCc1ccc(OCC(=O)NCC2CC2)c(Cl)c1. The molecule has 3 N–H and O–H groups in total. The molecule has 1 fully saturated rings. The van der Waals surface area contributed by atoms with Crippen LogP contribution in [-0.4, -0.2) is 25.6 Å². The third-order valence-electron chi connectivity index (χ3n) is 3.07. The molecular formula is C14H19ClN2O2. The van der Waals surface area contributed by atoms with Crippen molar-refractivity contribution in [3.63, 3.8) is 0 Å². The van der Waals surface area contributed by atoms with E-state index in [1.54, 1.807) is 6.07 Å². The Hall–Kier alpha value is -1.26. The monoisotopic (exact) mass is 282 g/mol. The van der Waals surface area contributed by atoms with Gasteiger partial charge < -0.3 is 15.8 Å². The van der Waals surface area contributed by atoms with Crippen molar-refractivity contribution in [1.82, 2.24) is 5.32 Å². The molecule has 0 aromatic heterocycles. The molecular weight excluding hydrogens is 264 g/mol. The van der Waals surface area contributed by atoms with E-state index in [-0.39, 0.29) is 12.5 Å². The van der Waals surface area contributed by atoms with E-state index in [0.717, 1.165) is 18.5 Å². The Bertz CT molecular complexity index is 447. The predicted octanol–water partition coefficient (Wildman–Crippen LogP) is 1.75. The lowest BCUT2D eigenvalue weighted by atomic mass is 10.1. The van der Waals surface area contributed by atoms with Crippen molar-refractivity contribution < 1.29 is 9.53 Å². The number of carbonyl (C=O) groups is 1. The van der Waals surface area contributed by atoms with Gasteiger partial charge >= 0.3 is 0 Å². The van der Waals surface area contributed by atoms with Crippen LogP contribution in [0.2, 0.25) is 5.02 Å². The molecule has 5 heteroatoms. The fraction of sp³-hybridized carbons (Fsp3) is 0.500. The highest BCUT2D eigenvalue weighted by atomic mass is 35.5. The summed E-state index contributed by atoms with van der Waals surface area (Å²) in [6, 6.07) is 5.52. The average Bonchev–Trinajstić information content (AvgIpc) is 3.20. The Morgan fingerprint density at radius 3 is 2.89 bits per heavy atom. The van der Waals surface area contributed by atoms with Gasteiger partial charge in [-0.05, 0) is 49.4 Å². The maximum Gasteiger partial charge on any atom is 0.257 e. The molecule has 4 nitrogen and oxygen atoms in total. The van der Waals surface area contributed by atoms with Crippen molar-refractivity contribution in [2.45, 2.75) is 19.3 Å². The van der Waals surface area contributed by atoms with Crippen LogP contribution in [-0.2, 0) is 11.2 Å². The number of benzene rings is 1. The highest BCUT2D eigenvalue weighted by molar-refractivity contribution is 6.32.